The summed E-state index contributed by atoms with van der Waals surface area (Å²) in [6.07, 6.45) is 1.76. The molecule has 0 radical (unpaired) electrons. The summed E-state index contributed by atoms with van der Waals surface area (Å²) in [5.41, 5.74) is 10.3. The summed E-state index contributed by atoms with van der Waals surface area (Å²) in [6, 6.07) is 3.95. The lowest BCUT2D eigenvalue weighted by atomic mass is 10.2. The van der Waals surface area contributed by atoms with Crippen LogP contribution in [0.5, 0.6) is 0 Å². The summed E-state index contributed by atoms with van der Waals surface area (Å²) in [6.45, 7) is 4.77. The molecule has 5 nitrogen and oxygen atoms in total. The van der Waals surface area contributed by atoms with Crippen molar-refractivity contribution < 1.29 is 0 Å². The van der Waals surface area contributed by atoms with E-state index in [9.17, 15) is 0 Å². The minimum absolute atomic E-state index is 0.526. The molecule has 0 saturated heterocycles. The molecular formula is C12H13N5. The van der Waals surface area contributed by atoms with E-state index in [-0.39, 0.29) is 0 Å². The van der Waals surface area contributed by atoms with Crippen molar-refractivity contribution in [1.82, 2.24) is 19.5 Å². The summed E-state index contributed by atoms with van der Waals surface area (Å²) in [5.74, 6) is 0.526. The second-order valence-corrected chi connectivity index (χ2v) is 4.03. The lowest BCUT2D eigenvalue weighted by Crippen LogP contribution is -2.00. The number of imidazole rings is 1. The molecule has 0 amide bonds. The Morgan fingerprint density at radius 2 is 2.06 bits per heavy atom. The number of hydrogen-bond acceptors (Lipinski definition) is 4. The molecule has 0 aliphatic carbocycles. The quantitative estimate of drug-likeness (QED) is 0.689. The second-order valence-electron chi connectivity index (χ2n) is 4.03. The molecule has 3 rings (SSSR count). The van der Waals surface area contributed by atoms with Crippen molar-refractivity contribution in [3.63, 3.8) is 0 Å². The first-order chi connectivity index (χ1) is 8.20. The van der Waals surface area contributed by atoms with E-state index in [4.69, 9.17) is 5.73 Å². The van der Waals surface area contributed by atoms with Gasteiger partial charge in [0, 0.05) is 12.7 Å². The van der Waals surface area contributed by atoms with Crippen molar-refractivity contribution in [3.05, 3.63) is 24.0 Å². The summed E-state index contributed by atoms with van der Waals surface area (Å²) < 4.78 is 1.97. The normalized spacial score (nSPS) is 11.4. The molecule has 0 aliphatic rings. The average Bonchev–Trinajstić information content (AvgIpc) is 2.65. The summed E-state index contributed by atoms with van der Waals surface area (Å²) in [7, 11) is 0. The molecule has 0 fully saturated rings. The Balaban J connectivity index is 2.51. The highest BCUT2D eigenvalue weighted by atomic mass is 15.1. The predicted molar refractivity (Wildman–Crippen MR) is 67.7 cm³/mol. The highest BCUT2D eigenvalue weighted by Gasteiger charge is 2.11. The maximum Gasteiger partial charge on any atom is 0.201 e. The third kappa shape index (κ3) is 1.35. The van der Waals surface area contributed by atoms with Crippen LogP contribution >= 0.6 is 0 Å². The maximum absolute atomic E-state index is 5.90. The monoisotopic (exact) mass is 227 g/mol. The fourth-order valence-electron chi connectivity index (χ4n) is 2.10. The number of nitrogen functional groups attached to an aromatic ring is 1. The van der Waals surface area contributed by atoms with Gasteiger partial charge in [-0.3, -0.25) is 4.98 Å². The van der Waals surface area contributed by atoms with Crippen LogP contribution in [0.15, 0.2) is 18.3 Å². The highest BCUT2D eigenvalue weighted by Crippen LogP contribution is 2.24. The number of nitrogens with zero attached hydrogens (tertiary/aromatic N) is 4. The molecule has 0 saturated carbocycles. The topological polar surface area (TPSA) is 69.6 Å². The molecule has 2 aromatic heterocycles. The number of fused-ring (bicyclic) bond motifs is 3. The van der Waals surface area contributed by atoms with E-state index in [0.29, 0.717) is 5.95 Å². The number of rotatable bonds is 1. The van der Waals surface area contributed by atoms with E-state index in [2.05, 4.69) is 15.0 Å². The van der Waals surface area contributed by atoms with Gasteiger partial charge in [0.1, 0.15) is 11.0 Å². The van der Waals surface area contributed by atoms with Gasteiger partial charge >= 0.3 is 0 Å². The summed E-state index contributed by atoms with van der Waals surface area (Å²) in [4.78, 5) is 13.2. The van der Waals surface area contributed by atoms with E-state index in [1.165, 1.54) is 0 Å². The molecule has 0 bridgehead atoms. The zero-order chi connectivity index (χ0) is 12.0. The molecule has 17 heavy (non-hydrogen) atoms. The molecule has 0 spiro atoms. The molecule has 1 aromatic carbocycles. The largest absolute Gasteiger partial charge is 0.369 e. The Kier molecular flexibility index (Phi) is 2.01. The van der Waals surface area contributed by atoms with Gasteiger partial charge in [0.2, 0.25) is 5.95 Å². The van der Waals surface area contributed by atoms with Gasteiger partial charge in [-0.1, -0.05) is 0 Å². The minimum Gasteiger partial charge on any atom is -0.369 e. The van der Waals surface area contributed by atoms with Gasteiger partial charge in [-0.05, 0) is 26.0 Å². The SMILES string of the molecule is CCn1c(N)nc2c3nc(C)cnc3ccc21. The van der Waals surface area contributed by atoms with Crippen LogP contribution in [-0.4, -0.2) is 19.5 Å². The van der Waals surface area contributed by atoms with Crippen LogP contribution in [-0.2, 0) is 6.54 Å². The minimum atomic E-state index is 0.526. The lowest BCUT2D eigenvalue weighted by molar-refractivity contribution is 0.800. The fourth-order valence-corrected chi connectivity index (χ4v) is 2.10. The van der Waals surface area contributed by atoms with E-state index >= 15 is 0 Å². The average molecular weight is 227 g/mol. The maximum atomic E-state index is 5.90. The van der Waals surface area contributed by atoms with Gasteiger partial charge in [-0.15, -0.1) is 0 Å². The Morgan fingerprint density at radius 1 is 1.24 bits per heavy atom. The highest BCUT2D eigenvalue weighted by molar-refractivity contribution is 6.01. The Hall–Kier alpha value is -2.17. The number of benzene rings is 1. The van der Waals surface area contributed by atoms with Crippen LogP contribution in [0.1, 0.15) is 12.6 Å². The number of anilines is 1. The van der Waals surface area contributed by atoms with Gasteiger partial charge < -0.3 is 10.3 Å². The van der Waals surface area contributed by atoms with Crippen molar-refractivity contribution in [2.75, 3.05) is 5.73 Å². The van der Waals surface area contributed by atoms with Crippen molar-refractivity contribution in [3.8, 4) is 0 Å². The van der Waals surface area contributed by atoms with Crippen molar-refractivity contribution in [2.24, 2.45) is 0 Å². The third-order valence-corrected chi connectivity index (χ3v) is 2.90. The van der Waals surface area contributed by atoms with Crippen LogP contribution in [0.2, 0.25) is 0 Å². The van der Waals surface area contributed by atoms with E-state index in [1.807, 2.05) is 30.5 Å². The first-order valence-corrected chi connectivity index (χ1v) is 5.58. The second kappa shape index (κ2) is 3.41. The fraction of sp³-hybridized carbons (Fsp3) is 0.250. The van der Waals surface area contributed by atoms with E-state index in [1.54, 1.807) is 6.20 Å². The van der Waals surface area contributed by atoms with Gasteiger partial charge in [-0.25, -0.2) is 9.97 Å². The van der Waals surface area contributed by atoms with Gasteiger partial charge in [0.25, 0.3) is 0 Å². The standard InChI is InChI=1S/C12H13N5/c1-3-17-9-5-4-8-10(11(9)16-12(17)13)15-7(2)6-14-8/h4-6H,3H2,1-2H3,(H2,13,16). The predicted octanol–water partition coefficient (Wildman–Crippen LogP) is 1.89. The molecular weight excluding hydrogens is 214 g/mol. The number of nitrogens with two attached hydrogens (primary N) is 1. The van der Waals surface area contributed by atoms with Crippen molar-refractivity contribution in [1.29, 1.82) is 0 Å². The summed E-state index contributed by atoms with van der Waals surface area (Å²) in [5, 5.41) is 0. The van der Waals surface area contributed by atoms with Crippen LogP contribution < -0.4 is 5.73 Å². The lowest BCUT2D eigenvalue weighted by Gasteiger charge is -2.02. The third-order valence-electron chi connectivity index (χ3n) is 2.90. The molecule has 2 N–H and O–H groups in total. The smallest absolute Gasteiger partial charge is 0.201 e. The molecule has 0 atom stereocenters. The number of hydrogen-bond donors (Lipinski definition) is 1. The Bertz CT molecular complexity index is 714. The molecule has 5 heteroatoms. The summed E-state index contributed by atoms with van der Waals surface area (Å²) >= 11 is 0. The first kappa shape index (κ1) is 10.0. The van der Waals surface area contributed by atoms with Crippen LogP contribution in [0, 0.1) is 6.92 Å². The van der Waals surface area contributed by atoms with Crippen LogP contribution in [0.25, 0.3) is 22.1 Å². The molecule has 86 valence electrons. The van der Waals surface area contributed by atoms with Gasteiger partial charge in [0.15, 0.2) is 0 Å². The molecule has 0 aliphatic heterocycles. The first-order valence-electron chi connectivity index (χ1n) is 5.58. The van der Waals surface area contributed by atoms with E-state index in [0.717, 1.165) is 34.3 Å². The zero-order valence-electron chi connectivity index (χ0n) is 9.81. The van der Waals surface area contributed by atoms with E-state index < -0.39 is 0 Å². The Morgan fingerprint density at radius 3 is 2.82 bits per heavy atom. The van der Waals surface area contributed by atoms with Crippen LogP contribution in [0.4, 0.5) is 5.95 Å². The van der Waals surface area contributed by atoms with Crippen molar-refractivity contribution >= 4 is 28.0 Å². The van der Waals surface area contributed by atoms with Crippen molar-refractivity contribution in [2.45, 2.75) is 20.4 Å². The number of aromatic nitrogens is 4. The Labute approximate surface area is 98.3 Å². The van der Waals surface area contributed by atoms with Gasteiger partial charge in [-0.2, -0.15) is 0 Å². The zero-order valence-corrected chi connectivity index (χ0v) is 9.81. The van der Waals surface area contributed by atoms with Crippen LogP contribution in [0.3, 0.4) is 0 Å². The number of aryl methyl sites for hydroxylation is 2. The molecule has 3 aromatic rings. The molecule has 0 unspecified atom stereocenters. The molecule has 2 heterocycles. The van der Waals surface area contributed by atoms with Gasteiger partial charge in [0.05, 0.1) is 16.7 Å².